The van der Waals surface area contributed by atoms with Crippen LogP contribution >= 0.6 is 12.4 Å². The monoisotopic (exact) mass is 360 g/mol. The lowest BCUT2D eigenvalue weighted by molar-refractivity contribution is -0.132. The Labute approximate surface area is 154 Å². The number of hydrogen-bond donors (Lipinski definition) is 2. The zero-order valence-electron chi connectivity index (χ0n) is 14.5. The van der Waals surface area contributed by atoms with E-state index in [1.165, 1.54) is 16.7 Å². The van der Waals surface area contributed by atoms with Gasteiger partial charge in [0.1, 0.15) is 5.54 Å². The first kappa shape index (κ1) is 18.0. The largest absolute Gasteiger partial charge is 0.347 e. The number of aryl methyl sites for hydroxylation is 2. The molecule has 0 saturated carbocycles. The number of aromatic nitrogens is 2. The van der Waals surface area contributed by atoms with Gasteiger partial charge in [0.2, 0.25) is 5.91 Å². The molecule has 2 aromatic rings. The van der Waals surface area contributed by atoms with E-state index in [9.17, 15) is 4.79 Å². The second kappa shape index (κ2) is 7.18. The van der Waals surface area contributed by atoms with Gasteiger partial charge in [-0.25, -0.2) is 0 Å². The SMILES string of the molecule is Cc1ccc2c(c1)CCC2NC(=O)C1(n2cccn2)CCNCC1.Cl. The van der Waals surface area contributed by atoms with Crippen LogP contribution in [0.1, 0.15) is 42.0 Å². The van der Waals surface area contributed by atoms with E-state index in [1.807, 2.05) is 16.9 Å². The lowest BCUT2D eigenvalue weighted by atomic mass is 9.87. The second-order valence-electron chi connectivity index (χ2n) is 7.00. The topological polar surface area (TPSA) is 59.0 Å². The molecule has 2 N–H and O–H groups in total. The highest BCUT2D eigenvalue weighted by Gasteiger charge is 2.43. The quantitative estimate of drug-likeness (QED) is 0.884. The Hall–Kier alpha value is -1.85. The lowest BCUT2D eigenvalue weighted by Crippen LogP contribution is -2.55. The maximum Gasteiger partial charge on any atom is 0.248 e. The number of amides is 1. The van der Waals surface area contributed by atoms with Crippen molar-refractivity contribution in [3.63, 3.8) is 0 Å². The van der Waals surface area contributed by atoms with Crippen molar-refractivity contribution in [3.05, 3.63) is 53.3 Å². The summed E-state index contributed by atoms with van der Waals surface area (Å²) in [6.07, 6.45) is 7.24. The average Bonchev–Trinajstić information content (AvgIpc) is 3.26. The number of piperidine rings is 1. The normalized spacial score (nSPS) is 21.2. The van der Waals surface area contributed by atoms with Gasteiger partial charge in [0.25, 0.3) is 0 Å². The molecule has 0 bridgehead atoms. The number of carbonyl (C=O) groups is 1. The average molecular weight is 361 g/mol. The van der Waals surface area contributed by atoms with Crippen LogP contribution in [0.4, 0.5) is 0 Å². The fourth-order valence-electron chi connectivity index (χ4n) is 4.11. The molecule has 6 heteroatoms. The summed E-state index contributed by atoms with van der Waals surface area (Å²) in [5.74, 6) is 0.103. The number of nitrogens with one attached hydrogen (secondary N) is 2. The highest BCUT2D eigenvalue weighted by Crippen LogP contribution is 2.34. The van der Waals surface area contributed by atoms with E-state index in [0.29, 0.717) is 0 Å². The van der Waals surface area contributed by atoms with Crippen LogP contribution in [-0.4, -0.2) is 28.8 Å². The van der Waals surface area contributed by atoms with Gasteiger partial charge in [0.05, 0.1) is 6.04 Å². The Morgan fingerprint density at radius 3 is 2.88 bits per heavy atom. The van der Waals surface area contributed by atoms with Crippen molar-refractivity contribution in [1.29, 1.82) is 0 Å². The van der Waals surface area contributed by atoms with Gasteiger partial charge in [-0.15, -0.1) is 12.4 Å². The number of hydrogen-bond acceptors (Lipinski definition) is 3. The first-order chi connectivity index (χ1) is 11.7. The molecule has 2 heterocycles. The van der Waals surface area contributed by atoms with Crippen molar-refractivity contribution in [2.45, 2.75) is 44.2 Å². The van der Waals surface area contributed by atoms with Crippen LogP contribution in [0.15, 0.2) is 36.7 Å². The van der Waals surface area contributed by atoms with Crippen LogP contribution in [-0.2, 0) is 16.8 Å². The van der Waals surface area contributed by atoms with Crippen molar-refractivity contribution >= 4 is 18.3 Å². The summed E-state index contributed by atoms with van der Waals surface area (Å²) in [5.41, 5.74) is 3.37. The number of nitrogens with zero attached hydrogens (tertiary/aromatic N) is 2. The van der Waals surface area contributed by atoms with Crippen LogP contribution in [0, 0.1) is 6.92 Å². The molecule has 2 aliphatic rings. The maximum atomic E-state index is 13.3. The molecule has 25 heavy (non-hydrogen) atoms. The van der Waals surface area contributed by atoms with E-state index in [2.05, 4.69) is 40.9 Å². The molecule has 0 radical (unpaired) electrons. The third-order valence-corrected chi connectivity index (χ3v) is 5.48. The summed E-state index contributed by atoms with van der Waals surface area (Å²) >= 11 is 0. The smallest absolute Gasteiger partial charge is 0.248 e. The molecular formula is C19H25ClN4O. The van der Waals surface area contributed by atoms with E-state index in [4.69, 9.17) is 0 Å². The van der Waals surface area contributed by atoms with E-state index in [0.717, 1.165) is 38.8 Å². The number of benzene rings is 1. The summed E-state index contributed by atoms with van der Waals surface area (Å²) in [6, 6.07) is 8.57. The van der Waals surface area contributed by atoms with E-state index < -0.39 is 5.54 Å². The number of rotatable bonds is 3. The van der Waals surface area contributed by atoms with Gasteiger partial charge in [0.15, 0.2) is 0 Å². The number of fused-ring (bicyclic) bond motifs is 1. The molecule has 4 rings (SSSR count). The van der Waals surface area contributed by atoms with Gasteiger partial charge in [-0.3, -0.25) is 9.48 Å². The lowest BCUT2D eigenvalue weighted by Gasteiger charge is -2.37. The molecule has 1 amide bonds. The van der Waals surface area contributed by atoms with Crippen LogP contribution in [0.25, 0.3) is 0 Å². The van der Waals surface area contributed by atoms with Crippen molar-refractivity contribution in [1.82, 2.24) is 20.4 Å². The second-order valence-corrected chi connectivity index (χ2v) is 7.00. The minimum atomic E-state index is -0.567. The van der Waals surface area contributed by atoms with Crippen LogP contribution < -0.4 is 10.6 Å². The summed E-state index contributed by atoms with van der Waals surface area (Å²) in [5, 5.41) is 11.1. The summed E-state index contributed by atoms with van der Waals surface area (Å²) in [6.45, 7) is 3.80. The Morgan fingerprint density at radius 2 is 2.16 bits per heavy atom. The molecule has 1 fully saturated rings. The van der Waals surface area contributed by atoms with Gasteiger partial charge in [-0.1, -0.05) is 23.8 Å². The molecule has 5 nitrogen and oxygen atoms in total. The zero-order chi connectivity index (χ0) is 16.6. The molecule has 134 valence electrons. The molecule has 1 aromatic carbocycles. The predicted molar refractivity (Wildman–Crippen MR) is 99.9 cm³/mol. The first-order valence-corrected chi connectivity index (χ1v) is 8.80. The third-order valence-electron chi connectivity index (χ3n) is 5.48. The molecule has 1 aliphatic carbocycles. The zero-order valence-corrected chi connectivity index (χ0v) is 15.3. The summed E-state index contributed by atoms with van der Waals surface area (Å²) < 4.78 is 1.86. The highest BCUT2D eigenvalue weighted by molar-refractivity contribution is 5.85. The molecular weight excluding hydrogens is 336 g/mol. The molecule has 1 aromatic heterocycles. The van der Waals surface area contributed by atoms with Crippen molar-refractivity contribution < 1.29 is 4.79 Å². The highest BCUT2D eigenvalue weighted by atomic mass is 35.5. The summed E-state index contributed by atoms with van der Waals surface area (Å²) in [4.78, 5) is 13.3. The number of halogens is 1. The van der Waals surface area contributed by atoms with Gasteiger partial charge in [-0.2, -0.15) is 5.10 Å². The van der Waals surface area contributed by atoms with Gasteiger partial charge in [-0.05, 0) is 62.9 Å². The predicted octanol–water partition coefficient (Wildman–Crippen LogP) is 2.50. The first-order valence-electron chi connectivity index (χ1n) is 8.80. The number of carbonyl (C=O) groups excluding carboxylic acids is 1. The Kier molecular flexibility index (Phi) is 5.16. The maximum absolute atomic E-state index is 13.3. The minimum absolute atomic E-state index is 0. The molecule has 1 saturated heterocycles. The van der Waals surface area contributed by atoms with Crippen molar-refractivity contribution in [3.8, 4) is 0 Å². The Morgan fingerprint density at radius 1 is 1.36 bits per heavy atom. The summed E-state index contributed by atoms with van der Waals surface area (Å²) in [7, 11) is 0. The minimum Gasteiger partial charge on any atom is -0.347 e. The van der Waals surface area contributed by atoms with Crippen LogP contribution in [0.5, 0.6) is 0 Å². The Bertz CT molecular complexity index is 738. The van der Waals surface area contributed by atoms with Crippen LogP contribution in [0.2, 0.25) is 0 Å². The van der Waals surface area contributed by atoms with Gasteiger partial charge < -0.3 is 10.6 Å². The van der Waals surface area contributed by atoms with E-state index in [-0.39, 0.29) is 24.4 Å². The Balaban J connectivity index is 0.00000182. The standard InChI is InChI=1S/C19H24N4O.ClH/c1-14-3-5-16-15(13-14)4-6-17(16)22-18(24)19(7-10-20-11-8-19)23-12-2-9-21-23;/h2-3,5,9,12-13,17,20H,4,6-8,10-11H2,1H3,(H,22,24);1H. The van der Waals surface area contributed by atoms with Gasteiger partial charge in [0, 0.05) is 12.4 Å². The fourth-order valence-corrected chi connectivity index (χ4v) is 4.11. The van der Waals surface area contributed by atoms with Crippen LogP contribution in [0.3, 0.4) is 0 Å². The van der Waals surface area contributed by atoms with E-state index in [1.54, 1.807) is 6.20 Å². The van der Waals surface area contributed by atoms with Crippen molar-refractivity contribution in [2.75, 3.05) is 13.1 Å². The van der Waals surface area contributed by atoms with Gasteiger partial charge >= 0.3 is 0 Å². The third kappa shape index (κ3) is 3.18. The fraction of sp³-hybridized carbons (Fsp3) is 0.474. The molecule has 0 spiro atoms. The molecule has 1 unspecified atom stereocenters. The van der Waals surface area contributed by atoms with Crippen molar-refractivity contribution in [2.24, 2.45) is 0 Å². The molecule has 1 aliphatic heterocycles. The molecule has 1 atom stereocenters. The van der Waals surface area contributed by atoms with E-state index >= 15 is 0 Å².